The normalized spacial score (nSPS) is 33.0. The van der Waals surface area contributed by atoms with E-state index in [4.69, 9.17) is 0 Å². The van der Waals surface area contributed by atoms with Gasteiger partial charge in [-0.1, -0.05) is 13.3 Å². The molecule has 2 fully saturated rings. The molecule has 2 rings (SSSR count). The summed E-state index contributed by atoms with van der Waals surface area (Å²) in [4.78, 5) is 2.64. The monoisotopic (exact) mass is 223 g/mol. The summed E-state index contributed by atoms with van der Waals surface area (Å²) >= 11 is 0. The topological polar surface area (TPSA) is 3.24 Å². The van der Waals surface area contributed by atoms with E-state index in [1.807, 2.05) is 0 Å². The quantitative estimate of drug-likeness (QED) is 0.698. The second kappa shape index (κ2) is 5.53. The van der Waals surface area contributed by atoms with Crippen molar-refractivity contribution in [2.45, 2.75) is 65.3 Å². The number of likely N-dealkylation sites (tertiary alicyclic amines) is 1. The molecular weight excluding hydrogens is 194 g/mol. The van der Waals surface area contributed by atoms with Crippen molar-refractivity contribution >= 4 is 0 Å². The van der Waals surface area contributed by atoms with Crippen molar-refractivity contribution in [2.24, 2.45) is 17.8 Å². The first kappa shape index (κ1) is 12.4. The molecule has 0 unspecified atom stereocenters. The van der Waals surface area contributed by atoms with Crippen LogP contribution in [0.1, 0.15) is 59.3 Å². The number of nitrogens with zero attached hydrogens (tertiary/aromatic N) is 1. The lowest BCUT2D eigenvalue weighted by Crippen LogP contribution is -2.39. The van der Waals surface area contributed by atoms with Gasteiger partial charge in [0.2, 0.25) is 0 Å². The molecule has 1 aliphatic carbocycles. The molecule has 0 spiro atoms. The van der Waals surface area contributed by atoms with Crippen LogP contribution in [0.25, 0.3) is 0 Å². The van der Waals surface area contributed by atoms with Gasteiger partial charge >= 0.3 is 0 Å². The smallest absolute Gasteiger partial charge is 0.00385 e. The first-order valence-electron chi connectivity index (χ1n) is 7.43. The highest BCUT2D eigenvalue weighted by Crippen LogP contribution is 2.41. The van der Waals surface area contributed by atoms with Crippen LogP contribution in [-0.2, 0) is 0 Å². The third kappa shape index (κ3) is 3.00. The molecule has 16 heavy (non-hydrogen) atoms. The minimum Gasteiger partial charge on any atom is -0.301 e. The summed E-state index contributed by atoms with van der Waals surface area (Å²) in [5, 5.41) is 0. The molecular formula is C15H29N. The second-order valence-corrected chi connectivity index (χ2v) is 6.42. The molecule has 1 heterocycles. The Bertz CT molecular complexity index is 197. The fourth-order valence-corrected chi connectivity index (χ4v) is 3.58. The van der Waals surface area contributed by atoms with Gasteiger partial charge in [0, 0.05) is 6.04 Å². The molecule has 0 atom stereocenters. The zero-order chi connectivity index (χ0) is 11.5. The molecule has 1 nitrogen and oxygen atoms in total. The Morgan fingerprint density at radius 1 is 1.00 bits per heavy atom. The van der Waals surface area contributed by atoms with Gasteiger partial charge in [-0.05, 0) is 76.8 Å². The zero-order valence-electron chi connectivity index (χ0n) is 11.4. The van der Waals surface area contributed by atoms with E-state index in [1.165, 1.54) is 32.4 Å². The predicted octanol–water partition coefficient (Wildman–Crippen LogP) is 3.93. The molecule has 0 bridgehead atoms. The van der Waals surface area contributed by atoms with Gasteiger partial charge in [-0.15, -0.1) is 0 Å². The molecule has 0 aromatic carbocycles. The zero-order valence-corrected chi connectivity index (χ0v) is 11.4. The third-order valence-electron chi connectivity index (χ3n) is 4.96. The lowest BCUT2D eigenvalue weighted by molar-refractivity contribution is 0.102. The van der Waals surface area contributed by atoms with E-state index >= 15 is 0 Å². The fourth-order valence-electron chi connectivity index (χ4n) is 3.58. The average molecular weight is 223 g/mol. The molecule has 0 amide bonds. The highest BCUT2D eigenvalue weighted by molar-refractivity contribution is 4.83. The summed E-state index contributed by atoms with van der Waals surface area (Å²) in [5.41, 5.74) is 0. The molecule has 0 N–H and O–H groups in total. The van der Waals surface area contributed by atoms with Gasteiger partial charge in [0.1, 0.15) is 0 Å². The maximum atomic E-state index is 2.64. The van der Waals surface area contributed by atoms with E-state index in [0.717, 1.165) is 23.8 Å². The fraction of sp³-hybridized carbons (Fsp3) is 1.00. The maximum Gasteiger partial charge on any atom is 0.00385 e. The Morgan fingerprint density at radius 3 is 2.12 bits per heavy atom. The predicted molar refractivity (Wildman–Crippen MR) is 70.6 cm³/mol. The van der Waals surface area contributed by atoms with Gasteiger partial charge in [-0.2, -0.15) is 0 Å². The lowest BCUT2D eigenvalue weighted by atomic mass is 9.69. The van der Waals surface area contributed by atoms with Crippen molar-refractivity contribution in [3.05, 3.63) is 0 Å². The maximum absolute atomic E-state index is 2.64. The van der Waals surface area contributed by atoms with Crippen molar-refractivity contribution in [2.75, 3.05) is 13.1 Å². The van der Waals surface area contributed by atoms with Crippen LogP contribution in [0.5, 0.6) is 0 Å². The van der Waals surface area contributed by atoms with Crippen LogP contribution < -0.4 is 0 Å². The van der Waals surface area contributed by atoms with E-state index in [1.54, 1.807) is 19.3 Å². The Hall–Kier alpha value is -0.0400. The van der Waals surface area contributed by atoms with E-state index < -0.39 is 0 Å². The molecule has 0 radical (unpaired) electrons. The van der Waals surface area contributed by atoms with Gasteiger partial charge in [0.15, 0.2) is 0 Å². The van der Waals surface area contributed by atoms with Crippen molar-refractivity contribution in [1.82, 2.24) is 4.90 Å². The van der Waals surface area contributed by atoms with Gasteiger partial charge in [-0.3, -0.25) is 0 Å². The van der Waals surface area contributed by atoms with Crippen molar-refractivity contribution in [3.63, 3.8) is 0 Å². The minimum absolute atomic E-state index is 0.758. The Kier molecular flexibility index (Phi) is 4.29. The average Bonchev–Trinajstić information content (AvgIpc) is 2.23. The summed E-state index contributed by atoms with van der Waals surface area (Å²) in [6.07, 6.45) is 8.98. The largest absolute Gasteiger partial charge is 0.301 e. The minimum atomic E-state index is 0.758. The van der Waals surface area contributed by atoms with Gasteiger partial charge in [0.25, 0.3) is 0 Å². The summed E-state index contributed by atoms with van der Waals surface area (Å²) in [7, 11) is 0. The number of piperidine rings is 1. The van der Waals surface area contributed by atoms with E-state index in [2.05, 4.69) is 25.7 Å². The van der Waals surface area contributed by atoms with Gasteiger partial charge < -0.3 is 4.90 Å². The van der Waals surface area contributed by atoms with Crippen molar-refractivity contribution in [1.29, 1.82) is 0 Å². The first-order chi connectivity index (χ1) is 7.69. The molecule has 2 aliphatic rings. The van der Waals surface area contributed by atoms with Crippen LogP contribution >= 0.6 is 0 Å². The van der Waals surface area contributed by atoms with Crippen LogP contribution in [0.4, 0.5) is 0 Å². The second-order valence-electron chi connectivity index (χ2n) is 6.42. The Balaban J connectivity index is 1.63. The highest BCUT2D eigenvalue weighted by Gasteiger charge is 2.31. The first-order valence-corrected chi connectivity index (χ1v) is 7.43. The number of hydrogen-bond acceptors (Lipinski definition) is 1. The van der Waals surface area contributed by atoms with Crippen molar-refractivity contribution in [3.8, 4) is 0 Å². The third-order valence-corrected chi connectivity index (χ3v) is 4.96. The van der Waals surface area contributed by atoms with Crippen LogP contribution in [0.2, 0.25) is 0 Å². The van der Waals surface area contributed by atoms with Crippen LogP contribution in [-0.4, -0.2) is 24.0 Å². The van der Waals surface area contributed by atoms with Gasteiger partial charge in [-0.25, -0.2) is 0 Å². The standard InChI is InChI=1S/C15H29N/c1-4-13-9-15(10-13)11-14-5-7-16(8-6-14)12(2)3/h12-15H,4-11H2,1-3H3. The van der Waals surface area contributed by atoms with Crippen LogP contribution in [0.15, 0.2) is 0 Å². The molecule has 1 saturated carbocycles. The van der Waals surface area contributed by atoms with E-state index in [0.29, 0.717) is 0 Å². The SMILES string of the molecule is CCC1CC(CC2CCN(C(C)C)CC2)C1. The molecule has 1 saturated heterocycles. The van der Waals surface area contributed by atoms with Crippen LogP contribution in [0, 0.1) is 17.8 Å². The van der Waals surface area contributed by atoms with Crippen molar-refractivity contribution < 1.29 is 0 Å². The lowest BCUT2D eigenvalue weighted by Gasteiger charge is -2.40. The summed E-state index contributed by atoms with van der Waals surface area (Å²) in [6, 6.07) is 0.758. The summed E-state index contributed by atoms with van der Waals surface area (Å²) in [6.45, 7) is 9.72. The van der Waals surface area contributed by atoms with E-state index in [-0.39, 0.29) is 0 Å². The van der Waals surface area contributed by atoms with Gasteiger partial charge in [0.05, 0.1) is 0 Å². The molecule has 0 aromatic heterocycles. The van der Waals surface area contributed by atoms with Crippen LogP contribution in [0.3, 0.4) is 0 Å². The molecule has 94 valence electrons. The summed E-state index contributed by atoms with van der Waals surface area (Å²) in [5.74, 6) is 3.24. The molecule has 1 aliphatic heterocycles. The Labute approximate surface area is 102 Å². The summed E-state index contributed by atoms with van der Waals surface area (Å²) < 4.78 is 0. The highest BCUT2D eigenvalue weighted by atomic mass is 15.1. The van der Waals surface area contributed by atoms with E-state index in [9.17, 15) is 0 Å². The Morgan fingerprint density at radius 2 is 1.62 bits per heavy atom. The number of hydrogen-bond donors (Lipinski definition) is 0. The molecule has 1 heteroatoms. The number of rotatable bonds is 4. The molecule has 0 aromatic rings.